The fourth-order valence-electron chi connectivity index (χ4n) is 2.29. The molecule has 1 fully saturated rings. The van der Waals surface area contributed by atoms with E-state index in [0.717, 1.165) is 31.7 Å². The standard InChI is InChI=1S/C13H18N2O3/c1-9-11(13(17)18)2-3-12(14-9)15-6-4-10(8-16)5-7-15/h2-3,10,16H,4-8H2,1H3,(H,17,18). The summed E-state index contributed by atoms with van der Waals surface area (Å²) in [5.74, 6) is 0.278. The maximum Gasteiger partial charge on any atom is 0.337 e. The summed E-state index contributed by atoms with van der Waals surface area (Å²) >= 11 is 0. The Hall–Kier alpha value is -1.62. The predicted octanol–water partition coefficient (Wildman–Crippen LogP) is 1.30. The van der Waals surface area contributed by atoms with Gasteiger partial charge in [-0.1, -0.05) is 0 Å². The Kier molecular flexibility index (Phi) is 3.81. The summed E-state index contributed by atoms with van der Waals surface area (Å²) in [6.45, 7) is 3.69. The van der Waals surface area contributed by atoms with E-state index >= 15 is 0 Å². The maximum atomic E-state index is 10.9. The van der Waals surface area contributed by atoms with E-state index in [2.05, 4.69) is 9.88 Å². The van der Waals surface area contributed by atoms with Crippen LogP contribution < -0.4 is 4.90 Å². The lowest BCUT2D eigenvalue weighted by Gasteiger charge is -2.32. The average Bonchev–Trinajstić information content (AvgIpc) is 2.38. The summed E-state index contributed by atoms with van der Waals surface area (Å²) in [5.41, 5.74) is 0.799. The normalized spacial score (nSPS) is 16.9. The van der Waals surface area contributed by atoms with Crippen LogP contribution in [0.2, 0.25) is 0 Å². The van der Waals surface area contributed by atoms with Crippen molar-refractivity contribution >= 4 is 11.8 Å². The van der Waals surface area contributed by atoms with Gasteiger partial charge in [0, 0.05) is 19.7 Å². The number of carbonyl (C=O) groups is 1. The number of aliphatic hydroxyl groups is 1. The van der Waals surface area contributed by atoms with Gasteiger partial charge in [0.25, 0.3) is 0 Å². The molecular weight excluding hydrogens is 232 g/mol. The second-order valence-electron chi connectivity index (χ2n) is 4.72. The first kappa shape index (κ1) is 12.8. The summed E-state index contributed by atoms with van der Waals surface area (Å²) in [5, 5.41) is 18.0. The second kappa shape index (κ2) is 5.35. The van der Waals surface area contributed by atoms with E-state index in [9.17, 15) is 4.79 Å². The molecule has 2 N–H and O–H groups in total. The molecule has 18 heavy (non-hydrogen) atoms. The minimum Gasteiger partial charge on any atom is -0.478 e. The van der Waals surface area contributed by atoms with Crippen molar-refractivity contribution in [3.63, 3.8) is 0 Å². The molecule has 2 heterocycles. The number of aromatic carboxylic acids is 1. The van der Waals surface area contributed by atoms with Gasteiger partial charge in [0.15, 0.2) is 0 Å². The number of nitrogens with zero attached hydrogens (tertiary/aromatic N) is 2. The number of carboxylic acid groups (broad SMARTS) is 1. The van der Waals surface area contributed by atoms with E-state index in [1.54, 1.807) is 19.1 Å². The van der Waals surface area contributed by atoms with Crippen molar-refractivity contribution in [1.29, 1.82) is 0 Å². The number of piperidine rings is 1. The minimum absolute atomic E-state index is 0.248. The van der Waals surface area contributed by atoms with Gasteiger partial charge >= 0.3 is 5.97 Å². The van der Waals surface area contributed by atoms with Gasteiger partial charge in [0.1, 0.15) is 5.82 Å². The van der Waals surface area contributed by atoms with E-state index in [4.69, 9.17) is 10.2 Å². The molecule has 5 nitrogen and oxygen atoms in total. The third kappa shape index (κ3) is 2.61. The molecule has 1 aromatic rings. The largest absolute Gasteiger partial charge is 0.478 e. The Morgan fingerprint density at radius 2 is 2.11 bits per heavy atom. The Balaban J connectivity index is 2.11. The van der Waals surface area contributed by atoms with Crippen LogP contribution in [0.1, 0.15) is 28.9 Å². The van der Waals surface area contributed by atoms with Gasteiger partial charge in [-0.2, -0.15) is 0 Å². The molecule has 1 aromatic heterocycles. The highest BCUT2D eigenvalue weighted by Crippen LogP contribution is 2.22. The Bertz CT molecular complexity index is 440. The van der Waals surface area contributed by atoms with Crippen LogP contribution in [0.3, 0.4) is 0 Å². The SMILES string of the molecule is Cc1nc(N2CCC(CO)CC2)ccc1C(=O)O. The van der Waals surface area contributed by atoms with Crippen LogP contribution >= 0.6 is 0 Å². The summed E-state index contributed by atoms with van der Waals surface area (Å²) in [6, 6.07) is 3.37. The number of aromatic nitrogens is 1. The lowest BCUT2D eigenvalue weighted by Crippen LogP contribution is -2.35. The maximum absolute atomic E-state index is 10.9. The number of aliphatic hydroxyl groups excluding tert-OH is 1. The van der Waals surface area contributed by atoms with Crippen molar-refractivity contribution in [2.75, 3.05) is 24.6 Å². The van der Waals surface area contributed by atoms with Crippen LogP contribution in [-0.2, 0) is 0 Å². The molecule has 0 spiro atoms. The zero-order chi connectivity index (χ0) is 13.1. The molecule has 0 bridgehead atoms. The van der Waals surface area contributed by atoms with Crippen LogP contribution in [-0.4, -0.2) is 40.9 Å². The molecule has 0 unspecified atom stereocenters. The number of rotatable bonds is 3. The summed E-state index contributed by atoms with van der Waals surface area (Å²) in [6.07, 6.45) is 1.91. The first-order valence-corrected chi connectivity index (χ1v) is 6.18. The second-order valence-corrected chi connectivity index (χ2v) is 4.72. The zero-order valence-corrected chi connectivity index (χ0v) is 10.5. The molecule has 5 heteroatoms. The number of aryl methyl sites for hydroxylation is 1. The number of pyridine rings is 1. The van der Waals surface area contributed by atoms with Crippen molar-refractivity contribution in [2.24, 2.45) is 5.92 Å². The lowest BCUT2D eigenvalue weighted by atomic mass is 9.98. The topological polar surface area (TPSA) is 73.7 Å². The van der Waals surface area contributed by atoms with Gasteiger partial charge in [-0.3, -0.25) is 0 Å². The average molecular weight is 250 g/mol. The Labute approximate surface area is 106 Å². The first-order chi connectivity index (χ1) is 8.61. The van der Waals surface area contributed by atoms with Gasteiger partial charge in [0.05, 0.1) is 11.3 Å². The van der Waals surface area contributed by atoms with E-state index in [1.165, 1.54) is 0 Å². The Morgan fingerprint density at radius 1 is 1.44 bits per heavy atom. The van der Waals surface area contributed by atoms with Crippen molar-refractivity contribution in [3.05, 3.63) is 23.4 Å². The molecule has 1 saturated heterocycles. The summed E-state index contributed by atoms with van der Waals surface area (Å²) < 4.78 is 0. The van der Waals surface area contributed by atoms with Crippen LogP contribution in [0.5, 0.6) is 0 Å². The van der Waals surface area contributed by atoms with Crippen molar-refractivity contribution in [3.8, 4) is 0 Å². The molecule has 0 amide bonds. The highest BCUT2D eigenvalue weighted by Gasteiger charge is 2.20. The van der Waals surface area contributed by atoms with Crippen LogP contribution in [0.25, 0.3) is 0 Å². The van der Waals surface area contributed by atoms with Crippen LogP contribution in [0.15, 0.2) is 12.1 Å². The number of carboxylic acids is 1. The third-order valence-electron chi connectivity index (χ3n) is 3.50. The van der Waals surface area contributed by atoms with Crippen LogP contribution in [0, 0.1) is 12.8 Å². The molecule has 0 saturated carbocycles. The fraction of sp³-hybridized carbons (Fsp3) is 0.538. The van der Waals surface area contributed by atoms with Gasteiger partial charge in [0.2, 0.25) is 0 Å². The molecule has 1 aliphatic heterocycles. The molecule has 1 aliphatic rings. The zero-order valence-electron chi connectivity index (χ0n) is 10.5. The van der Waals surface area contributed by atoms with Crippen molar-refractivity contribution < 1.29 is 15.0 Å². The smallest absolute Gasteiger partial charge is 0.337 e. The van der Waals surface area contributed by atoms with Crippen LogP contribution in [0.4, 0.5) is 5.82 Å². The van der Waals surface area contributed by atoms with Gasteiger partial charge in [-0.15, -0.1) is 0 Å². The molecule has 2 rings (SSSR count). The third-order valence-corrected chi connectivity index (χ3v) is 3.50. The highest BCUT2D eigenvalue weighted by atomic mass is 16.4. The first-order valence-electron chi connectivity index (χ1n) is 6.18. The number of hydrogen-bond acceptors (Lipinski definition) is 4. The predicted molar refractivity (Wildman–Crippen MR) is 68.0 cm³/mol. The van der Waals surface area contributed by atoms with E-state index < -0.39 is 5.97 Å². The molecule has 0 atom stereocenters. The molecule has 0 radical (unpaired) electrons. The number of anilines is 1. The molecule has 0 aromatic carbocycles. The van der Waals surface area contributed by atoms with Gasteiger partial charge < -0.3 is 15.1 Å². The monoisotopic (exact) mass is 250 g/mol. The van der Waals surface area contributed by atoms with E-state index in [0.29, 0.717) is 11.6 Å². The van der Waals surface area contributed by atoms with Gasteiger partial charge in [-0.05, 0) is 37.8 Å². The fourth-order valence-corrected chi connectivity index (χ4v) is 2.29. The quantitative estimate of drug-likeness (QED) is 0.845. The summed E-state index contributed by atoms with van der Waals surface area (Å²) in [7, 11) is 0. The van der Waals surface area contributed by atoms with E-state index in [-0.39, 0.29) is 12.2 Å². The van der Waals surface area contributed by atoms with Crippen molar-refractivity contribution in [1.82, 2.24) is 4.98 Å². The van der Waals surface area contributed by atoms with E-state index in [1.807, 2.05) is 0 Å². The lowest BCUT2D eigenvalue weighted by molar-refractivity contribution is 0.0695. The minimum atomic E-state index is -0.939. The van der Waals surface area contributed by atoms with Crippen molar-refractivity contribution in [2.45, 2.75) is 19.8 Å². The number of hydrogen-bond donors (Lipinski definition) is 2. The molecular formula is C13H18N2O3. The highest BCUT2D eigenvalue weighted by molar-refractivity contribution is 5.89. The van der Waals surface area contributed by atoms with Gasteiger partial charge in [-0.25, -0.2) is 9.78 Å². The summed E-state index contributed by atoms with van der Waals surface area (Å²) in [4.78, 5) is 17.4. The Morgan fingerprint density at radius 3 is 2.61 bits per heavy atom. The molecule has 0 aliphatic carbocycles. The molecule has 98 valence electrons.